The van der Waals surface area contributed by atoms with Crippen molar-refractivity contribution in [3.8, 4) is 11.4 Å². The van der Waals surface area contributed by atoms with Gasteiger partial charge in [-0.15, -0.1) is 0 Å². The van der Waals surface area contributed by atoms with E-state index < -0.39 is 5.54 Å². The van der Waals surface area contributed by atoms with E-state index in [1.807, 2.05) is 37.5 Å². The summed E-state index contributed by atoms with van der Waals surface area (Å²) in [5.74, 6) is 1.60. The Labute approximate surface area is 220 Å². The number of H-pyrrole nitrogens is 2. The van der Waals surface area contributed by atoms with Gasteiger partial charge in [0.2, 0.25) is 11.7 Å². The third kappa shape index (κ3) is 3.46. The van der Waals surface area contributed by atoms with Crippen molar-refractivity contribution >= 4 is 22.5 Å². The lowest BCUT2D eigenvalue weighted by molar-refractivity contribution is 0.310. The molecule has 5 heterocycles. The Balaban J connectivity index is 1.45. The molecule has 0 fully saturated rings. The zero-order valence-electron chi connectivity index (χ0n) is 20.3. The molecule has 38 heavy (non-hydrogen) atoms. The van der Waals surface area contributed by atoms with Crippen LogP contribution in [0.2, 0.25) is 5.02 Å². The number of aromatic nitrogens is 8. The van der Waals surface area contributed by atoms with Gasteiger partial charge in [0, 0.05) is 41.7 Å². The van der Waals surface area contributed by atoms with Crippen LogP contribution in [-0.2, 0) is 19.0 Å². The first-order chi connectivity index (χ1) is 18.4. The first-order valence-corrected chi connectivity index (χ1v) is 12.4. The van der Waals surface area contributed by atoms with Crippen LogP contribution in [0, 0.1) is 12.7 Å². The molecule has 10 nitrogen and oxygen atoms in total. The Morgan fingerprint density at radius 1 is 1.13 bits per heavy atom. The van der Waals surface area contributed by atoms with Crippen molar-refractivity contribution in [2.75, 3.05) is 0 Å². The van der Waals surface area contributed by atoms with Gasteiger partial charge in [-0.25, -0.2) is 9.37 Å². The largest absolute Gasteiger partial charge is 0.356 e. The van der Waals surface area contributed by atoms with Crippen molar-refractivity contribution in [2.45, 2.75) is 24.9 Å². The highest BCUT2D eigenvalue weighted by atomic mass is 35.5. The number of halogens is 2. The van der Waals surface area contributed by atoms with E-state index in [1.54, 1.807) is 23.7 Å². The topological polar surface area (TPSA) is 126 Å². The smallest absolute Gasteiger partial charge is 0.223 e. The van der Waals surface area contributed by atoms with Gasteiger partial charge in [-0.05, 0) is 54.4 Å². The third-order valence-corrected chi connectivity index (χ3v) is 7.17. The molecule has 0 radical (unpaired) electrons. The van der Waals surface area contributed by atoms with E-state index in [1.165, 1.54) is 12.1 Å². The Hall–Kier alpha value is -4.35. The van der Waals surface area contributed by atoms with Crippen LogP contribution in [0.15, 0.2) is 59.3 Å². The number of nitrogens with one attached hydrogen (secondary N) is 3. The minimum absolute atomic E-state index is 0.319. The van der Waals surface area contributed by atoms with Gasteiger partial charge < -0.3 is 9.51 Å². The van der Waals surface area contributed by atoms with Crippen LogP contribution >= 0.6 is 11.6 Å². The van der Waals surface area contributed by atoms with E-state index in [2.05, 4.69) is 30.6 Å². The SMILES string of the molecule is Cc1nc(C2(c3ccn(C)n3)N[C@@H](c3nc(-c4ccc(F)cc4)n[nH]3)Cc3c2[nH]c2cc(Cl)ccc32)no1. The number of nitrogens with zero attached hydrogens (tertiary/aromatic N) is 6. The zero-order valence-corrected chi connectivity index (χ0v) is 21.1. The number of benzene rings is 2. The van der Waals surface area contributed by atoms with Crippen molar-refractivity contribution in [1.82, 2.24) is 45.4 Å². The van der Waals surface area contributed by atoms with E-state index in [0.29, 0.717) is 46.1 Å². The summed E-state index contributed by atoms with van der Waals surface area (Å²) in [5.41, 5.74) is 3.08. The quantitative estimate of drug-likeness (QED) is 0.310. The van der Waals surface area contributed by atoms with E-state index in [4.69, 9.17) is 26.2 Å². The molecular weight excluding hydrogens is 509 g/mol. The average molecular weight is 530 g/mol. The van der Waals surface area contributed by atoms with Crippen molar-refractivity contribution in [1.29, 1.82) is 0 Å². The fraction of sp³-hybridized carbons (Fsp3) is 0.192. The summed E-state index contributed by atoms with van der Waals surface area (Å²) < 4.78 is 20.7. The number of hydrogen-bond donors (Lipinski definition) is 3. The first-order valence-electron chi connectivity index (χ1n) is 12.0. The van der Waals surface area contributed by atoms with Crippen LogP contribution in [-0.4, -0.2) is 40.1 Å². The lowest BCUT2D eigenvalue weighted by Gasteiger charge is -2.38. The monoisotopic (exact) mass is 529 g/mol. The van der Waals surface area contributed by atoms with Crippen LogP contribution < -0.4 is 5.32 Å². The summed E-state index contributed by atoms with van der Waals surface area (Å²) >= 11 is 6.35. The van der Waals surface area contributed by atoms with Crippen molar-refractivity contribution in [2.24, 2.45) is 7.05 Å². The van der Waals surface area contributed by atoms with Gasteiger partial charge in [0.05, 0.1) is 17.4 Å². The third-order valence-electron chi connectivity index (χ3n) is 6.94. The molecular formula is C26H21ClFN9O. The summed E-state index contributed by atoms with van der Waals surface area (Å²) in [7, 11) is 1.86. The Morgan fingerprint density at radius 3 is 2.71 bits per heavy atom. The molecule has 12 heteroatoms. The van der Waals surface area contributed by atoms with Crippen LogP contribution in [0.25, 0.3) is 22.3 Å². The Morgan fingerprint density at radius 2 is 1.97 bits per heavy atom. The second-order valence-corrected chi connectivity index (χ2v) is 9.82. The molecule has 7 rings (SSSR count). The maximum absolute atomic E-state index is 13.5. The molecule has 3 N–H and O–H groups in total. The average Bonchev–Trinajstić information content (AvgIpc) is 3.70. The molecule has 0 bridgehead atoms. The second kappa shape index (κ2) is 8.33. The molecule has 190 valence electrons. The van der Waals surface area contributed by atoms with Crippen LogP contribution in [0.1, 0.15) is 40.5 Å². The van der Waals surface area contributed by atoms with E-state index in [-0.39, 0.29) is 11.9 Å². The fourth-order valence-electron chi connectivity index (χ4n) is 5.23. The molecule has 0 saturated carbocycles. The summed E-state index contributed by atoms with van der Waals surface area (Å²) in [6, 6.07) is 13.4. The van der Waals surface area contributed by atoms with E-state index in [0.717, 1.165) is 22.2 Å². The standard InChI is InChI=1S/C26H21ClFN9O/c1-13-29-25(36-38-13)26(21-9-10-37(2)35-21)22-18(17-8-5-15(27)11-19(17)30-22)12-20(32-26)24-31-23(33-34-24)14-3-6-16(28)7-4-14/h3-11,20,30,32H,12H2,1-2H3,(H,31,33,34)/t20-,26?/m1/s1. The maximum atomic E-state index is 13.5. The van der Waals surface area contributed by atoms with Gasteiger partial charge in [-0.1, -0.05) is 22.8 Å². The minimum Gasteiger partial charge on any atom is -0.356 e. The van der Waals surface area contributed by atoms with Crippen LogP contribution in [0.3, 0.4) is 0 Å². The van der Waals surface area contributed by atoms with Gasteiger partial charge in [-0.2, -0.15) is 15.2 Å². The van der Waals surface area contributed by atoms with Crippen LogP contribution in [0.5, 0.6) is 0 Å². The molecule has 1 aliphatic heterocycles. The fourth-order valence-corrected chi connectivity index (χ4v) is 5.40. The van der Waals surface area contributed by atoms with E-state index in [9.17, 15) is 4.39 Å². The molecule has 0 saturated heterocycles. The lowest BCUT2D eigenvalue weighted by Crippen LogP contribution is -2.52. The van der Waals surface area contributed by atoms with Crippen LogP contribution in [0.4, 0.5) is 4.39 Å². The normalized spacial score (nSPS) is 19.2. The molecule has 0 spiro atoms. The molecule has 2 atom stereocenters. The van der Waals surface area contributed by atoms with Crippen molar-refractivity contribution in [3.63, 3.8) is 0 Å². The summed E-state index contributed by atoms with van der Waals surface area (Å²) in [6.07, 6.45) is 2.45. The van der Waals surface area contributed by atoms with Crippen molar-refractivity contribution < 1.29 is 8.91 Å². The Kier molecular flexibility index (Phi) is 5.00. The minimum atomic E-state index is -1.09. The van der Waals surface area contributed by atoms with Gasteiger partial charge in [0.15, 0.2) is 11.4 Å². The molecule has 1 unspecified atom stereocenters. The number of aromatic amines is 2. The van der Waals surface area contributed by atoms with Gasteiger partial charge >= 0.3 is 0 Å². The number of hydrogen-bond acceptors (Lipinski definition) is 7. The summed E-state index contributed by atoms with van der Waals surface area (Å²) in [6.45, 7) is 1.75. The highest BCUT2D eigenvalue weighted by Gasteiger charge is 2.51. The highest BCUT2D eigenvalue weighted by molar-refractivity contribution is 6.31. The predicted octanol–water partition coefficient (Wildman–Crippen LogP) is 4.35. The molecule has 2 aromatic carbocycles. The molecule has 0 amide bonds. The maximum Gasteiger partial charge on any atom is 0.223 e. The summed E-state index contributed by atoms with van der Waals surface area (Å²) in [4.78, 5) is 13.0. The molecule has 0 aliphatic carbocycles. The van der Waals surface area contributed by atoms with E-state index >= 15 is 0 Å². The lowest BCUT2D eigenvalue weighted by atomic mass is 9.80. The number of rotatable bonds is 4. The Bertz CT molecular complexity index is 1760. The van der Waals surface area contributed by atoms with Gasteiger partial charge in [-0.3, -0.25) is 15.1 Å². The second-order valence-electron chi connectivity index (χ2n) is 9.38. The molecule has 1 aliphatic rings. The molecule has 4 aromatic heterocycles. The first kappa shape index (κ1) is 22.8. The summed E-state index contributed by atoms with van der Waals surface area (Å²) in [5, 5.41) is 22.0. The number of aryl methyl sites for hydroxylation is 2. The number of fused-ring (bicyclic) bond motifs is 3. The van der Waals surface area contributed by atoms with Gasteiger partial charge in [0.25, 0.3) is 0 Å². The predicted molar refractivity (Wildman–Crippen MR) is 137 cm³/mol. The van der Waals surface area contributed by atoms with Crippen molar-refractivity contribution in [3.05, 3.63) is 100 Å². The zero-order chi connectivity index (χ0) is 26.0. The highest BCUT2D eigenvalue weighted by Crippen LogP contribution is 2.45. The van der Waals surface area contributed by atoms with Gasteiger partial charge in [0.1, 0.15) is 11.6 Å². The molecule has 6 aromatic rings.